The maximum absolute atomic E-state index is 12.1. The Morgan fingerprint density at radius 2 is 2.05 bits per heavy atom. The molecule has 1 aromatic heterocycles. The summed E-state index contributed by atoms with van der Waals surface area (Å²) in [6, 6.07) is 9.99. The first-order valence-electron chi connectivity index (χ1n) is 5.65. The van der Waals surface area contributed by atoms with Crippen LogP contribution in [-0.4, -0.2) is 13.4 Å². The van der Waals surface area contributed by atoms with Crippen molar-refractivity contribution >= 4 is 21.6 Å². The quantitative estimate of drug-likeness (QED) is 0.943. The van der Waals surface area contributed by atoms with Crippen molar-refractivity contribution in [3.8, 4) is 0 Å². The Kier molecular flexibility index (Phi) is 4.19. The molecule has 0 saturated heterocycles. The average Bonchev–Trinajstić information content (AvgIpc) is 2.41. The van der Waals surface area contributed by atoms with Gasteiger partial charge in [0.2, 0.25) is 10.0 Å². The van der Waals surface area contributed by atoms with Gasteiger partial charge in [0.15, 0.2) is 0 Å². The largest absolute Gasteiger partial charge is 0.260 e. The summed E-state index contributed by atoms with van der Waals surface area (Å²) in [5, 5.41) is 0.431. The van der Waals surface area contributed by atoms with Crippen LogP contribution in [0.1, 0.15) is 11.3 Å². The number of sulfonamides is 1. The van der Waals surface area contributed by atoms with Gasteiger partial charge in [-0.1, -0.05) is 23.7 Å². The van der Waals surface area contributed by atoms with Crippen LogP contribution in [-0.2, 0) is 16.6 Å². The summed E-state index contributed by atoms with van der Waals surface area (Å²) < 4.78 is 26.6. The molecular formula is C13H13ClN2O2S. The lowest BCUT2D eigenvalue weighted by molar-refractivity contribution is 0.580. The summed E-state index contributed by atoms with van der Waals surface area (Å²) in [7, 11) is -3.57. The minimum absolute atomic E-state index is 0.147. The van der Waals surface area contributed by atoms with Gasteiger partial charge in [-0.25, -0.2) is 13.1 Å². The second kappa shape index (κ2) is 5.69. The van der Waals surface area contributed by atoms with Crippen LogP contribution >= 0.6 is 11.6 Å². The molecule has 19 heavy (non-hydrogen) atoms. The summed E-state index contributed by atoms with van der Waals surface area (Å²) in [5.41, 5.74) is 1.50. The predicted octanol–water partition coefficient (Wildman–Crippen LogP) is 2.52. The maximum atomic E-state index is 12.1. The monoisotopic (exact) mass is 296 g/mol. The third-order valence-electron chi connectivity index (χ3n) is 2.62. The van der Waals surface area contributed by atoms with Crippen molar-refractivity contribution in [3.63, 3.8) is 0 Å². The van der Waals surface area contributed by atoms with E-state index in [1.165, 1.54) is 12.1 Å². The molecule has 0 spiro atoms. The van der Waals surface area contributed by atoms with Crippen molar-refractivity contribution in [2.75, 3.05) is 0 Å². The van der Waals surface area contributed by atoms with Crippen molar-refractivity contribution in [2.24, 2.45) is 0 Å². The van der Waals surface area contributed by atoms with Crippen LogP contribution in [0.4, 0.5) is 0 Å². The Hall–Kier alpha value is -1.43. The normalized spacial score (nSPS) is 11.5. The molecule has 0 aliphatic carbocycles. The molecule has 1 aromatic carbocycles. The fourth-order valence-corrected chi connectivity index (χ4v) is 2.77. The number of benzene rings is 1. The van der Waals surface area contributed by atoms with Gasteiger partial charge in [-0.3, -0.25) is 4.98 Å². The van der Waals surface area contributed by atoms with E-state index in [9.17, 15) is 8.42 Å². The Balaban J connectivity index is 2.16. The number of aromatic nitrogens is 1. The van der Waals surface area contributed by atoms with Crippen LogP contribution in [0.2, 0.25) is 5.02 Å². The van der Waals surface area contributed by atoms with Gasteiger partial charge in [0.25, 0.3) is 0 Å². The highest BCUT2D eigenvalue weighted by Crippen LogP contribution is 2.19. The molecule has 1 N–H and O–H groups in total. The van der Waals surface area contributed by atoms with Gasteiger partial charge < -0.3 is 0 Å². The maximum Gasteiger partial charge on any atom is 0.240 e. The highest BCUT2D eigenvalue weighted by Gasteiger charge is 2.14. The summed E-state index contributed by atoms with van der Waals surface area (Å²) in [5.74, 6) is 0. The van der Waals surface area contributed by atoms with Gasteiger partial charge in [-0.05, 0) is 36.8 Å². The third-order valence-corrected chi connectivity index (χ3v) is 4.43. The fourth-order valence-electron chi connectivity index (χ4n) is 1.50. The Bertz CT molecular complexity index is 672. The second-order valence-corrected chi connectivity index (χ2v) is 6.23. The number of rotatable bonds is 4. The topological polar surface area (TPSA) is 59.1 Å². The van der Waals surface area contributed by atoms with E-state index in [0.717, 1.165) is 5.56 Å². The Morgan fingerprint density at radius 3 is 2.68 bits per heavy atom. The third kappa shape index (κ3) is 3.53. The molecule has 0 saturated carbocycles. The van der Waals surface area contributed by atoms with Crippen LogP contribution in [0.5, 0.6) is 0 Å². The smallest absolute Gasteiger partial charge is 0.240 e. The van der Waals surface area contributed by atoms with Crippen molar-refractivity contribution in [2.45, 2.75) is 18.4 Å². The standard InChI is InChI=1S/C13H13ClN2O2S/c1-10-5-6-12(8-13(10)14)19(17,18)16-9-11-4-2-3-7-15-11/h2-8,16H,9H2,1H3. The zero-order valence-electron chi connectivity index (χ0n) is 10.3. The van der Waals surface area contributed by atoms with E-state index in [1.54, 1.807) is 30.5 Å². The predicted molar refractivity (Wildman–Crippen MR) is 74.5 cm³/mol. The molecule has 0 bridgehead atoms. The summed E-state index contributed by atoms with van der Waals surface area (Å²) in [6.45, 7) is 1.97. The SMILES string of the molecule is Cc1ccc(S(=O)(=O)NCc2ccccn2)cc1Cl. The first-order chi connectivity index (χ1) is 8.99. The first-order valence-corrected chi connectivity index (χ1v) is 7.51. The van der Waals surface area contributed by atoms with Gasteiger partial charge >= 0.3 is 0 Å². The van der Waals surface area contributed by atoms with Crippen molar-refractivity contribution < 1.29 is 8.42 Å². The lowest BCUT2D eigenvalue weighted by Crippen LogP contribution is -2.23. The second-order valence-electron chi connectivity index (χ2n) is 4.06. The molecule has 100 valence electrons. The van der Waals surface area contributed by atoms with Crippen molar-refractivity contribution in [3.05, 3.63) is 58.9 Å². The number of hydrogen-bond acceptors (Lipinski definition) is 3. The van der Waals surface area contributed by atoms with E-state index >= 15 is 0 Å². The van der Waals surface area contributed by atoms with E-state index in [-0.39, 0.29) is 11.4 Å². The molecule has 2 aromatic rings. The van der Waals surface area contributed by atoms with Crippen LogP contribution in [0, 0.1) is 6.92 Å². The summed E-state index contributed by atoms with van der Waals surface area (Å²) in [6.07, 6.45) is 1.62. The molecule has 4 nitrogen and oxygen atoms in total. The summed E-state index contributed by atoms with van der Waals surface area (Å²) in [4.78, 5) is 4.21. The minimum atomic E-state index is -3.57. The summed E-state index contributed by atoms with van der Waals surface area (Å²) >= 11 is 5.93. The van der Waals surface area contributed by atoms with Crippen LogP contribution < -0.4 is 4.72 Å². The molecule has 0 fully saturated rings. The van der Waals surface area contributed by atoms with E-state index < -0.39 is 10.0 Å². The van der Waals surface area contributed by atoms with Crippen molar-refractivity contribution in [1.29, 1.82) is 0 Å². The van der Waals surface area contributed by atoms with E-state index in [4.69, 9.17) is 11.6 Å². The van der Waals surface area contributed by atoms with E-state index in [1.807, 2.05) is 6.92 Å². The number of pyridine rings is 1. The zero-order valence-corrected chi connectivity index (χ0v) is 11.9. The van der Waals surface area contributed by atoms with E-state index in [2.05, 4.69) is 9.71 Å². The molecule has 0 amide bonds. The first kappa shape index (κ1) is 14.0. The molecule has 1 heterocycles. The van der Waals surface area contributed by atoms with Gasteiger partial charge in [0.1, 0.15) is 0 Å². The van der Waals surface area contributed by atoms with Crippen LogP contribution in [0.15, 0.2) is 47.5 Å². The van der Waals surface area contributed by atoms with Gasteiger partial charge in [-0.2, -0.15) is 0 Å². The molecule has 0 unspecified atom stereocenters. The molecule has 0 radical (unpaired) electrons. The molecule has 0 atom stereocenters. The highest BCUT2D eigenvalue weighted by atomic mass is 35.5. The van der Waals surface area contributed by atoms with Gasteiger partial charge in [-0.15, -0.1) is 0 Å². The molecule has 0 aliphatic rings. The Labute approximate surface area is 117 Å². The van der Waals surface area contributed by atoms with Crippen molar-refractivity contribution in [1.82, 2.24) is 9.71 Å². The number of hydrogen-bond donors (Lipinski definition) is 1. The lowest BCUT2D eigenvalue weighted by Gasteiger charge is -2.07. The highest BCUT2D eigenvalue weighted by molar-refractivity contribution is 7.89. The lowest BCUT2D eigenvalue weighted by atomic mass is 10.2. The zero-order chi connectivity index (χ0) is 13.9. The van der Waals surface area contributed by atoms with E-state index in [0.29, 0.717) is 10.7 Å². The van der Waals surface area contributed by atoms with Gasteiger partial charge in [0, 0.05) is 11.2 Å². The van der Waals surface area contributed by atoms with Crippen LogP contribution in [0.3, 0.4) is 0 Å². The van der Waals surface area contributed by atoms with Gasteiger partial charge in [0.05, 0.1) is 17.1 Å². The minimum Gasteiger partial charge on any atom is -0.260 e. The fraction of sp³-hybridized carbons (Fsp3) is 0.154. The number of halogens is 1. The molecular weight excluding hydrogens is 284 g/mol. The molecule has 6 heteroatoms. The molecule has 0 aliphatic heterocycles. The average molecular weight is 297 g/mol. The number of nitrogens with zero attached hydrogens (tertiary/aromatic N) is 1. The number of nitrogens with one attached hydrogen (secondary N) is 1. The number of aryl methyl sites for hydroxylation is 1. The molecule has 2 rings (SSSR count). The Morgan fingerprint density at radius 1 is 1.26 bits per heavy atom. The van der Waals surface area contributed by atoms with Crippen LogP contribution in [0.25, 0.3) is 0 Å².